The molecule has 0 fully saturated rings. The molecule has 0 saturated carbocycles. The van der Waals surface area contributed by atoms with Gasteiger partial charge in [-0.3, -0.25) is 4.79 Å². The summed E-state index contributed by atoms with van der Waals surface area (Å²) in [7, 11) is 3.45. The molecule has 2 aromatic heterocycles. The Labute approximate surface area is 143 Å². The monoisotopic (exact) mass is 343 g/mol. The number of nitrogens with two attached hydrogens (primary N) is 1. The first-order valence-electron chi connectivity index (χ1n) is 7.25. The summed E-state index contributed by atoms with van der Waals surface area (Å²) in [5, 5.41) is 8.13. The van der Waals surface area contributed by atoms with E-state index < -0.39 is 5.25 Å². The maximum Gasteiger partial charge on any atom is 0.240 e. The van der Waals surface area contributed by atoms with Crippen LogP contribution in [0.3, 0.4) is 0 Å². The predicted octanol–water partition coefficient (Wildman–Crippen LogP) is 2.17. The Balaban J connectivity index is 1.93. The molecule has 124 valence electrons. The number of benzene rings is 1. The van der Waals surface area contributed by atoms with Crippen molar-refractivity contribution in [2.45, 2.75) is 10.4 Å². The smallest absolute Gasteiger partial charge is 0.240 e. The number of carbonyl (C=O) groups is 1. The van der Waals surface area contributed by atoms with E-state index in [-0.39, 0.29) is 5.91 Å². The topological polar surface area (TPSA) is 90.2 Å². The van der Waals surface area contributed by atoms with Crippen molar-refractivity contribution in [2.75, 3.05) is 19.9 Å². The lowest BCUT2D eigenvalue weighted by Gasteiger charge is -2.19. The van der Waals surface area contributed by atoms with Gasteiger partial charge in [0.2, 0.25) is 16.9 Å². The van der Waals surface area contributed by atoms with Crippen LogP contribution in [0.1, 0.15) is 10.8 Å². The number of thioether (sulfide) groups is 1. The molecule has 1 unspecified atom stereocenters. The Morgan fingerprint density at radius 1 is 1.21 bits per heavy atom. The number of nitrogens with zero attached hydrogens (tertiary/aromatic N) is 4. The third-order valence-electron chi connectivity index (χ3n) is 3.40. The zero-order chi connectivity index (χ0) is 17.1. The molecule has 0 aliphatic rings. The molecule has 1 amide bonds. The van der Waals surface area contributed by atoms with Crippen molar-refractivity contribution in [2.24, 2.45) is 0 Å². The second kappa shape index (κ2) is 6.79. The molecule has 1 atom stereocenters. The van der Waals surface area contributed by atoms with Gasteiger partial charge in [0.05, 0.1) is 6.26 Å². The molecule has 7 nitrogen and oxygen atoms in total. The largest absolute Gasteiger partial charge is 0.461 e. The zero-order valence-corrected chi connectivity index (χ0v) is 14.1. The van der Waals surface area contributed by atoms with Crippen molar-refractivity contribution in [3.05, 3.63) is 54.3 Å². The molecule has 0 radical (unpaired) electrons. The van der Waals surface area contributed by atoms with E-state index in [0.29, 0.717) is 16.7 Å². The van der Waals surface area contributed by atoms with Crippen molar-refractivity contribution < 1.29 is 9.21 Å². The number of nitrogen functional groups attached to an aromatic ring is 1. The maximum atomic E-state index is 12.6. The van der Waals surface area contributed by atoms with Crippen LogP contribution in [0.4, 0.5) is 0 Å². The number of hydrogen-bond donors (Lipinski definition) is 1. The quantitative estimate of drug-likeness (QED) is 0.564. The summed E-state index contributed by atoms with van der Waals surface area (Å²) in [4.78, 5) is 14.1. The van der Waals surface area contributed by atoms with Crippen LogP contribution in [0.15, 0.2) is 58.3 Å². The van der Waals surface area contributed by atoms with Gasteiger partial charge >= 0.3 is 0 Å². The molecule has 0 aliphatic heterocycles. The minimum Gasteiger partial charge on any atom is -0.461 e. The van der Waals surface area contributed by atoms with Gasteiger partial charge in [0.1, 0.15) is 5.25 Å². The van der Waals surface area contributed by atoms with Crippen LogP contribution >= 0.6 is 11.8 Å². The van der Waals surface area contributed by atoms with E-state index in [2.05, 4.69) is 10.2 Å². The Hall–Kier alpha value is -2.74. The number of furan rings is 1. The highest BCUT2D eigenvalue weighted by Gasteiger charge is 2.27. The number of hydrogen-bond acceptors (Lipinski definition) is 6. The fourth-order valence-electron chi connectivity index (χ4n) is 2.16. The molecule has 0 bridgehead atoms. The fourth-order valence-corrected chi connectivity index (χ4v) is 3.26. The van der Waals surface area contributed by atoms with Crippen LogP contribution in [-0.2, 0) is 4.79 Å². The van der Waals surface area contributed by atoms with Gasteiger partial charge in [0.15, 0.2) is 5.76 Å². The highest BCUT2D eigenvalue weighted by Crippen LogP contribution is 2.36. The molecule has 0 spiro atoms. The van der Waals surface area contributed by atoms with E-state index in [1.165, 1.54) is 16.4 Å². The summed E-state index contributed by atoms with van der Waals surface area (Å²) >= 11 is 1.25. The normalized spacial score (nSPS) is 12.1. The van der Waals surface area contributed by atoms with Crippen molar-refractivity contribution in [1.29, 1.82) is 0 Å². The summed E-state index contributed by atoms with van der Waals surface area (Å²) in [5.41, 5.74) is 0.878. The third-order valence-corrected chi connectivity index (χ3v) is 4.60. The van der Waals surface area contributed by atoms with E-state index in [1.807, 2.05) is 30.3 Å². The maximum absolute atomic E-state index is 12.6. The second-order valence-electron chi connectivity index (χ2n) is 5.29. The van der Waals surface area contributed by atoms with Crippen LogP contribution in [0.25, 0.3) is 11.6 Å². The minimum absolute atomic E-state index is 0.0475. The van der Waals surface area contributed by atoms with Crippen LogP contribution in [0.2, 0.25) is 0 Å². The first-order chi connectivity index (χ1) is 11.6. The third kappa shape index (κ3) is 3.13. The van der Waals surface area contributed by atoms with Crippen LogP contribution in [0.5, 0.6) is 0 Å². The first kappa shape index (κ1) is 16.1. The predicted molar refractivity (Wildman–Crippen MR) is 91.6 cm³/mol. The van der Waals surface area contributed by atoms with Gasteiger partial charge in [0, 0.05) is 14.1 Å². The molecular formula is C16H17N5O2S. The molecule has 24 heavy (non-hydrogen) atoms. The molecule has 1 aromatic carbocycles. The molecule has 0 aliphatic carbocycles. The molecular weight excluding hydrogens is 326 g/mol. The van der Waals surface area contributed by atoms with Crippen molar-refractivity contribution in [1.82, 2.24) is 19.8 Å². The lowest BCUT2D eigenvalue weighted by molar-refractivity contribution is -0.128. The zero-order valence-electron chi connectivity index (χ0n) is 13.3. The summed E-state index contributed by atoms with van der Waals surface area (Å²) in [6, 6.07) is 13.0. The average Bonchev–Trinajstić information content (AvgIpc) is 3.23. The molecule has 3 aromatic rings. The minimum atomic E-state index is -0.461. The Morgan fingerprint density at radius 3 is 2.58 bits per heavy atom. The highest BCUT2D eigenvalue weighted by molar-refractivity contribution is 8.00. The van der Waals surface area contributed by atoms with E-state index in [1.54, 1.807) is 37.4 Å². The van der Waals surface area contributed by atoms with Gasteiger partial charge in [-0.1, -0.05) is 42.1 Å². The van der Waals surface area contributed by atoms with E-state index in [9.17, 15) is 4.79 Å². The van der Waals surface area contributed by atoms with Crippen LogP contribution < -0.4 is 5.84 Å². The summed E-state index contributed by atoms with van der Waals surface area (Å²) in [6.45, 7) is 0. The number of rotatable bonds is 5. The molecule has 2 heterocycles. The Morgan fingerprint density at radius 2 is 1.96 bits per heavy atom. The van der Waals surface area contributed by atoms with Gasteiger partial charge in [-0.25, -0.2) is 4.68 Å². The lowest BCUT2D eigenvalue weighted by Crippen LogP contribution is -2.27. The standard InChI is InChI=1S/C16H17N5O2S/c1-20(2)15(22)13(11-7-4-3-5-8-11)24-16-19-18-14(21(16)17)12-9-6-10-23-12/h3-10,13H,17H2,1-2H3. The van der Waals surface area contributed by atoms with E-state index in [0.717, 1.165) is 5.56 Å². The van der Waals surface area contributed by atoms with Gasteiger partial charge in [-0.2, -0.15) is 0 Å². The first-order valence-corrected chi connectivity index (χ1v) is 8.13. The molecule has 8 heteroatoms. The molecule has 3 rings (SSSR count). The SMILES string of the molecule is CN(C)C(=O)C(Sc1nnc(-c2ccco2)n1N)c1ccccc1. The van der Waals surface area contributed by atoms with Gasteiger partial charge in [-0.15, -0.1) is 10.2 Å². The van der Waals surface area contributed by atoms with Crippen molar-refractivity contribution in [3.63, 3.8) is 0 Å². The average molecular weight is 343 g/mol. The lowest BCUT2D eigenvalue weighted by atomic mass is 10.1. The van der Waals surface area contributed by atoms with Gasteiger partial charge in [-0.05, 0) is 17.7 Å². The number of carbonyl (C=O) groups excluding carboxylic acids is 1. The van der Waals surface area contributed by atoms with Crippen molar-refractivity contribution >= 4 is 17.7 Å². The Kier molecular flexibility index (Phi) is 4.57. The summed E-state index contributed by atoms with van der Waals surface area (Å²) < 4.78 is 6.64. The Bertz CT molecular complexity index is 814. The highest BCUT2D eigenvalue weighted by atomic mass is 32.2. The second-order valence-corrected chi connectivity index (χ2v) is 6.37. The van der Waals surface area contributed by atoms with Crippen LogP contribution in [-0.4, -0.2) is 39.8 Å². The number of aromatic nitrogens is 3. The van der Waals surface area contributed by atoms with Gasteiger partial charge in [0.25, 0.3) is 0 Å². The van der Waals surface area contributed by atoms with Crippen molar-refractivity contribution in [3.8, 4) is 11.6 Å². The molecule has 0 saturated heterocycles. The van der Waals surface area contributed by atoms with E-state index >= 15 is 0 Å². The van der Waals surface area contributed by atoms with Crippen LogP contribution in [0, 0.1) is 0 Å². The number of likely N-dealkylation sites (N-methyl/N-ethyl adjacent to an activating group) is 1. The van der Waals surface area contributed by atoms with E-state index in [4.69, 9.17) is 10.3 Å². The number of amides is 1. The summed E-state index contributed by atoms with van der Waals surface area (Å²) in [5.74, 6) is 6.96. The summed E-state index contributed by atoms with van der Waals surface area (Å²) in [6.07, 6.45) is 1.54. The fraction of sp³-hybridized carbons (Fsp3) is 0.188. The molecule has 2 N–H and O–H groups in total. The van der Waals surface area contributed by atoms with Gasteiger partial charge < -0.3 is 15.2 Å².